The minimum Gasteiger partial charge on any atom is -0.391 e. The molecule has 1 fully saturated rings. The number of aromatic amines is 2. The zero-order chi connectivity index (χ0) is 14.0. The summed E-state index contributed by atoms with van der Waals surface area (Å²) in [5, 5.41) is 9.36. The number of amides is 1. The van der Waals surface area contributed by atoms with Gasteiger partial charge in [-0.25, -0.2) is 4.79 Å². The van der Waals surface area contributed by atoms with Crippen LogP contribution in [0.4, 0.5) is 0 Å². The molecule has 1 atom stereocenters. The van der Waals surface area contributed by atoms with Crippen molar-refractivity contribution < 1.29 is 9.90 Å². The molecule has 3 N–H and O–H groups in total. The number of likely N-dealkylation sites (tertiary alicyclic amines) is 1. The monoisotopic (exact) mass is 267 g/mol. The predicted molar refractivity (Wildman–Crippen MR) is 67.9 cm³/mol. The molecule has 1 aliphatic heterocycles. The minimum absolute atomic E-state index is 0.0819. The second-order valence-corrected chi connectivity index (χ2v) is 4.79. The van der Waals surface area contributed by atoms with E-state index >= 15 is 0 Å². The maximum absolute atomic E-state index is 11.9. The van der Waals surface area contributed by atoms with Crippen molar-refractivity contribution in [3.63, 3.8) is 0 Å². The first-order valence-electron chi connectivity index (χ1n) is 6.25. The number of hydrogen-bond donors (Lipinski definition) is 3. The lowest BCUT2D eigenvalue weighted by Crippen LogP contribution is -2.31. The quantitative estimate of drug-likeness (QED) is 0.646. The lowest BCUT2D eigenvalue weighted by Gasteiger charge is -2.15. The van der Waals surface area contributed by atoms with Crippen LogP contribution < -0.4 is 11.2 Å². The second kappa shape index (κ2) is 5.40. The van der Waals surface area contributed by atoms with Crippen LogP contribution in [0.25, 0.3) is 0 Å². The molecule has 2 rings (SSSR count). The largest absolute Gasteiger partial charge is 0.391 e. The van der Waals surface area contributed by atoms with Crippen LogP contribution in [0.3, 0.4) is 0 Å². The standard InChI is InChI=1S/C12H17N3O4/c1-7-9(11(18)14-12(19)13-7)2-3-10(17)15-5-4-8(16)6-15/h8,16H,2-6H2,1H3,(H2,13,14,18,19)/t8-/m0/s1. The molecule has 1 aliphatic rings. The van der Waals surface area contributed by atoms with Crippen molar-refractivity contribution >= 4 is 5.91 Å². The maximum atomic E-state index is 11.9. The number of carbonyl (C=O) groups excluding carboxylic acids is 1. The van der Waals surface area contributed by atoms with Gasteiger partial charge in [-0.15, -0.1) is 0 Å². The Morgan fingerprint density at radius 1 is 1.42 bits per heavy atom. The van der Waals surface area contributed by atoms with Gasteiger partial charge in [0.1, 0.15) is 0 Å². The van der Waals surface area contributed by atoms with Crippen molar-refractivity contribution in [2.75, 3.05) is 13.1 Å². The molecule has 2 heterocycles. The van der Waals surface area contributed by atoms with Gasteiger partial charge in [-0.3, -0.25) is 14.6 Å². The third kappa shape index (κ3) is 3.11. The molecule has 0 radical (unpaired) electrons. The van der Waals surface area contributed by atoms with E-state index in [2.05, 4.69) is 9.97 Å². The van der Waals surface area contributed by atoms with Gasteiger partial charge < -0.3 is 15.0 Å². The molecule has 0 bridgehead atoms. The van der Waals surface area contributed by atoms with Crippen LogP contribution in [-0.4, -0.2) is 45.1 Å². The summed E-state index contributed by atoms with van der Waals surface area (Å²) in [6.07, 6.45) is 0.637. The SMILES string of the molecule is Cc1[nH]c(=O)[nH]c(=O)c1CCC(=O)N1CC[C@H](O)C1. The van der Waals surface area contributed by atoms with E-state index in [0.717, 1.165) is 0 Å². The van der Waals surface area contributed by atoms with Gasteiger partial charge in [-0.05, 0) is 19.8 Å². The van der Waals surface area contributed by atoms with Gasteiger partial charge >= 0.3 is 5.69 Å². The first-order valence-corrected chi connectivity index (χ1v) is 6.25. The molecular formula is C12H17N3O4. The topological polar surface area (TPSA) is 106 Å². The highest BCUT2D eigenvalue weighted by Crippen LogP contribution is 2.11. The number of nitrogens with one attached hydrogen (secondary N) is 2. The molecule has 7 nitrogen and oxygen atoms in total. The summed E-state index contributed by atoms with van der Waals surface area (Å²) in [5.41, 5.74) is -0.0774. The molecule has 0 saturated carbocycles. The first-order chi connectivity index (χ1) is 8.97. The van der Waals surface area contributed by atoms with Gasteiger partial charge in [-0.1, -0.05) is 0 Å². The molecule has 1 amide bonds. The normalized spacial score (nSPS) is 18.8. The number of hydrogen-bond acceptors (Lipinski definition) is 4. The van der Waals surface area contributed by atoms with E-state index in [1.165, 1.54) is 0 Å². The summed E-state index contributed by atoms with van der Waals surface area (Å²) in [5.74, 6) is -0.0819. The lowest BCUT2D eigenvalue weighted by molar-refractivity contribution is -0.130. The summed E-state index contributed by atoms with van der Waals surface area (Å²) in [6, 6.07) is 0. The van der Waals surface area contributed by atoms with E-state index in [1.807, 2.05) is 0 Å². The van der Waals surface area contributed by atoms with Crippen molar-refractivity contribution in [3.8, 4) is 0 Å². The van der Waals surface area contributed by atoms with Gasteiger partial charge in [0.2, 0.25) is 5.91 Å². The Balaban J connectivity index is 2.01. The molecule has 19 heavy (non-hydrogen) atoms. The molecule has 1 aromatic heterocycles. The van der Waals surface area contributed by atoms with E-state index in [0.29, 0.717) is 30.8 Å². The van der Waals surface area contributed by atoms with Crippen LogP contribution in [0.1, 0.15) is 24.1 Å². The third-order valence-electron chi connectivity index (χ3n) is 3.36. The molecule has 104 valence electrons. The summed E-state index contributed by atoms with van der Waals surface area (Å²) in [7, 11) is 0. The number of β-amino-alcohol motifs (C(OH)–C–C–N with tert-alkyl or cyclic N) is 1. The van der Waals surface area contributed by atoms with Gasteiger partial charge in [0.25, 0.3) is 5.56 Å². The Morgan fingerprint density at radius 3 is 2.74 bits per heavy atom. The number of aliphatic hydroxyl groups excluding tert-OH is 1. The smallest absolute Gasteiger partial charge is 0.325 e. The number of nitrogens with zero attached hydrogens (tertiary/aromatic N) is 1. The fourth-order valence-electron chi connectivity index (χ4n) is 2.29. The number of rotatable bonds is 3. The van der Waals surface area contributed by atoms with E-state index in [4.69, 9.17) is 0 Å². The zero-order valence-electron chi connectivity index (χ0n) is 10.7. The molecule has 1 aromatic rings. The Kier molecular flexibility index (Phi) is 3.84. The number of aliphatic hydroxyl groups is 1. The maximum Gasteiger partial charge on any atom is 0.325 e. The first kappa shape index (κ1) is 13.5. The Morgan fingerprint density at radius 2 is 2.16 bits per heavy atom. The Hall–Kier alpha value is -1.89. The van der Waals surface area contributed by atoms with Gasteiger partial charge in [-0.2, -0.15) is 0 Å². The second-order valence-electron chi connectivity index (χ2n) is 4.79. The van der Waals surface area contributed by atoms with E-state index in [-0.39, 0.29) is 18.7 Å². The van der Waals surface area contributed by atoms with E-state index < -0.39 is 17.4 Å². The number of aromatic nitrogens is 2. The van der Waals surface area contributed by atoms with E-state index in [9.17, 15) is 19.5 Å². The number of aryl methyl sites for hydroxylation is 1. The predicted octanol–water partition coefficient (Wildman–Crippen LogP) is -1.10. The number of carbonyl (C=O) groups is 1. The van der Waals surface area contributed by atoms with Crippen molar-refractivity contribution in [3.05, 3.63) is 32.1 Å². The van der Waals surface area contributed by atoms with Crippen molar-refractivity contribution in [1.29, 1.82) is 0 Å². The highest BCUT2D eigenvalue weighted by molar-refractivity contribution is 5.76. The minimum atomic E-state index is -0.541. The molecule has 0 aliphatic carbocycles. The lowest BCUT2D eigenvalue weighted by atomic mass is 10.1. The average Bonchev–Trinajstić information content (AvgIpc) is 2.74. The van der Waals surface area contributed by atoms with Crippen LogP contribution >= 0.6 is 0 Å². The molecule has 1 saturated heterocycles. The van der Waals surface area contributed by atoms with Crippen LogP contribution in [0.5, 0.6) is 0 Å². The Bertz CT molecular complexity index is 589. The molecule has 7 heteroatoms. The van der Waals surface area contributed by atoms with Crippen molar-refractivity contribution in [1.82, 2.24) is 14.9 Å². The number of H-pyrrole nitrogens is 2. The third-order valence-corrected chi connectivity index (χ3v) is 3.36. The van der Waals surface area contributed by atoms with Gasteiger partial charge in [0, 0.05) is 30.8 Å². The van der Waals surface area contributed by atoms with E-state index in [1.54, 1.807) is 11.8 Å². The summed E-state index contributed by atoms with van der Waals surface area (Å²) < 4.78 is 0. The molecular weight excluding hydrogens is 250 g/mol. The van der Waals surface area contributed by atoms with Crippen LogP contribution in [0, 0.1) is 6.92 Å². The summed E-state index contributed by atoms with van der Waals surface area (Å²) >= 11 is 0. The average molecular weight is 267 g/mol. The van der Waals surface area contributed by atoms with Crippen molar-refractivity contribution in [2.24, 2.45) is 0 Å². The van der Waals surface area contributed by atoms with Gasteiger partial charge in [0.05, 0.1) is 6.10 Å². The Labute approximate surface area is 109 Å². The molecule has 0 aromatic carbocycles. The summed E-state index contributed by atoms with van der Waals surface area (Å²) in [4.78, 5) is 40.8. The van der Waals surface area contributed by atoms with Crippen LogP contribution in [0.15, 0.2) is 9.59 Å². The van der Waals surface area contributed by atoms with Crippen molar-refractivity contribution in [2.45, 2.75) is 32.3 Å². The fourth-order valence-corrected chi connectivity index (χ4v) is 2.29. The zero-order valence-corrected chi connectivity index (χ0v) is 10.7. The highest BCUT2D eigenvalue weighted by atomic mass is 16.3. The fraction of sp³-hybridized carbons (Fsp3) is 0.583. The molecule has 0 spiro atoms. The van der Waals surface area contributed by atoms with Crippen LogP contribution in [0.2, 0.25) is 0 Å². The molecule has 0 unspecified atom stereocenters. The highest BCUT2D eigenvalue weighted by Gasteiger charge is 2.24. The van der Waals surface area contributed by atoms with Crippen LogP contribution in [-0.2, 0) is 11.2 Å². The van der Waals surface area contributed by atoms with Gasteiger partial charge in [0.15, 0.2) is 0 Å². The summed E-state index contributed by atoms with van der Waals surface area (Å²) in [6.45, 7) is 2.55.